The van der Waals surface area contributed by atoms with Gasteiger partial charge in [0.2, 0.25) is 0 Å². The smallest absolute Gasteiger partial charge is 0.134 e. The zero-order chi connectivity index (χ0) is 13.4. The highest BCUT2D eigenvalue weighted by Gasteiger charge is 2.06. The van der Waals surface area contributed by atoms with Gasteiger partial charge in [0.1, 0.15) is 17.5 Å². The van der Waals surface area contributed by atoms with Crippen molar-refractivity contribution < 1.29 is 5.11 Å². The number of rotatable bonds is 8. The second-order valence-electron chi connectivity index (χ2n) is 4.44. The van der Waals surface area contributed by atoms with E-state index in [1.165, 1.54) is 6.42 Å². The number of hydrogen-bond donors (Lipinski definition) is 2. The van der Waals surface area contributed by atoms with Gasteiger partial charge >= 0.3 is 0 Å². The number of unbranched alkanes of at least 4 members (excludes halogenated alkanes) is 1. The van der Waals surface area contributed by atoms with Crippen LogP contribution in [0.3, 0.4) is 0 Å². The Bertz CT molecular complexity index is 357. The van der Waals surface area contributed by atoms with E-state index in [0.717, 1.165) is 43.4 Å². The van der Waals surface area contributed by atoms with Crippen LogP contribution in [0, 0.1) is 6.92 Å². The number of aliphatic hydroxyl groups excluding tert-OH is 1. The third kappa shape index (κ3) is 4.87. The largest absolute Gasteiger partial charge is 0.396 e. The Morgan fingerprint density at radius 3 is 2.78 bits per heavy atom. The minimum Gasteiger partial charge on any atom is -0.396 e. The Morgan fingerprint density at radius 2 is 2.11 bits per heavy atom. The van der Waals surface area contributed by atoms with E-state index in [9.17, 15) is 0 Å². The summed E-state index contributed by atoms with van der Waals surface area (Å²) in [5.74, 6) is 2.54. The first-order chi connectivity index (χ1) is 8.67. The van der Waals surface area contributed by atoms with Crippen LogP contribution >= 0.6 is 0 Å². The topological polar surface area (TPSA) is 61.3 Å². The van der Waals surface area contributed by atoms with Crippen LogP contribution in [0.2, 0.25) is 0 Å². The van der Waals surface area contributed by atoms with E-state index in [1.807, 2.05) is 24.9 Å². The molecule has 0 fully saturated rings. The molecule has 1 aromatic rings. The quantitative estimate of drug-likeness (QED) is 0.691. The van der Waals surface area contributed by atoms with Crippen LogP contribution in [-0.4, -0.2) is 41.8 Å². The molecule has 0 radical (unpaired) electrons. The molecule has 0 unspecified atom stereocenters. The number of aliphatic hydroxyl groups is 1. The van der Waals surface area contributed by atoms with Crippen molar-refractivity contribution in [3.8, 4) is 0 Å². The Kier molecular flexibility index (Phi) is 6.43. The van der Waals surface area contributed by atoms with Crippen molar-refractivity contribution in [3.63, 3.8) is 0 Å². The summed E-state index contributed by atoms with van der Waals surface area (Å²) in [6, 6.07) is 1.96. The van der Waals surface area contributed by atoms with Crippen molar-refractivity contribution in [2.24, 2.45) is 0 Å². The van der Waals surface area contributed by atoms with Gasteiger partial charge in [-0.05, 0) is 19.8 Å². The predicted molar refractivity (Wildman–Crippen MR) is 75.1 cm³/mol. The van der Waals surface area contributed by atoms with Crippen molar-refractivity contribution in [2.45, 2.75) is 33.1 Å². The molecule has 1 rings (SSSR count). The van der Waals surface area contributed by atoms with Crippen LogP contribution in [0.15, 0.2) is 6.07 Å². The number of nitrogens with one attached hydrogen (secondary N) is 1. The molecule has 0 saturated carbocycles. The summed E-state index contributed by atoms with van der Waals surface area (Å²) in [7, 11) is 1.98. The Hall–Kier alpha value is -1.36. The fourth-order valence-corrected chi connectivity index (χ4v) is 1.65. The third-order valence-corrected chi connectivity index (χ3v) is 2.70. The van der Waals surface area contributed by atoms with Crippen LogP contribution in [0.5, 0.6) is 0 Å². The molecule has 0 aromatic carbocycles. The summed E-state index contributed by atoms with van der Waals surface area (Å²) in [5.41, 5.74) is 0. The van der Waals surface area contributed by atoms with E-state index < -0.39 is 0 Å². The van der Waals surface area contributed by atoms with E-state index in [1.54, 1.807) is 0 Å². The van der Waals surface area contributed by atoms with Gasteiger partial charge in [-0.1, -0.05) is 13.3 Å². The number of aromatic nitrogens is 2. The summed E-state index contributed by atoms with van der Waals surface area (Å²) in [4.78, 5) is 10.8. The molecule has 0 aliphatic carbocycles. The summed E-state index contributed by atoms with van der Waals surface area (Å²) in [6.45, 7) is 6.00. The van der Waals surface area contributed by atoms with Crippen LogP contribution < -0.4 is 10.2 Å². The first kappa shape index (κ1) is 14.7. The summed E-state index contributed by atoms with van der Waals surface area (Å²) in [6.07, 6.45) is 3.05. The molecule has 0 atom stereocenters. The van der Waals surface area contributed by atoms with Gasteiger partial charge in [0.05, 0.1) is 0 Å². The van der Waals surface area contributed by atoms with Gasteiger partial charge in [-0.2, -0.15) is 0 Å². The molecule has 0 aliphatic rings. The van der Waals surface area contributed by atoms with Crippen molar-refractivity contribution >= 4 is 11.6 Å². The maximum Gasteiger partial charge on any atom is 0.134 e. The Balaban J connectivity index is 2.67. The number of aryl methyl sites for hydroxylation is 1. The zero-order valence-electron chi connectivity index (χ0n) is 11.6. The van der Waals surface area contributed by atoms with Crippen molar-refractivity contribution in [1.29, 1.82) is 0 Å². The average Bonchev–Trinajstić information content (AvgIpc) is 2.35. The van der Waals surface area contributed by atoms with Crippen molar-refractivity contribution in [1.82, 2.24) is 9.97 Å². The molecule has 0 bridgehead atoms. The molecule has 5 heteroatoms. The second kappa shape index (κ2) is 7.87. The standard InChI is InChI=1S/C13H24N4O/c1-4-5-7-14-12-10-13(16-11(2)15-12)17(3)8-6-9-18/h10,18H,4-9H2,1-3H3,(H,14,15,16). The van der Waals surface area contributed by atoms with Gasteiger partial charge in [-0.25, -0.2) is 9.97 Å². The second-order valence-corrected chi connectivity index (χ2v) is 4.44. The molecule has 0 aliphatic heterocycles. The van der Waals surface area contributed by atoms with Gasteiger partial charge < -0.3 is 15.3 Å². The molecule has 1 aromatic heterocycles. The Labute approximate surface area is 109 Å². The maximum absolute atomic E-state index is 8.84. The van der Waals surface area contributed by atoms with Crippen LogP contribution in [-0.2, 0) is 0 Å². The molecule has 18 heavy (non-hydrogen) atoms. The van der Waals surface area contributed by atoms with Gasteiger partial charge in [0, 0.05) is 32.8 Å². The molecule has 1 heterocycles. The zero-order valence-corrected chi connectivity index (χ0v) is 11.6. The first-order valence-electron chi connectivity index (χ1n) is 6.59. The molecule has 0 saturated heterocycles. The third-order valence-electron chi connectivity index (χ3n) is 2.70. The molecular weight excluding hydrogens is 228 g/mol. The molecular formula is C13H24N4O. The summed E-state index contributed by atoms with van der Waals surface area (Å²) < 4.78 is 0. The summed E-state index contributed by atoms with van der Waals surface area (Å²) >= 11 is 0. The lowest BCUT2D eigenvalue weighted by Crippen LogP contribution is -2.21. The number of anilines is 2. The number of nitrogens with zero attached hydrogens (tertiary/aromatic N) is 3. The fraction of sp³-hybridized carbons (Fsp3) is 0.692. The van der Waals surface area contributed by atoms with Crippen LogP contribution in [0.25, 0.3) is 0 Å². The maximum atomic E-state index is 8.84. The molecule has 0 spiro atoms. The highest BCUT2D eigenvalue weighted by Crippen LogP contribution is 2.14. The summed E-state index contributed by atoms with van der Waals surface area (Å²) in [5, 5.41) is 12.2. The van der Waals surface area contributed by atoms with Gasteiger partial charge in [0.25, 0.3) is 0 Å². The minimum atomic E-state index is 0.204. The average molecular weight is 252 g/mol. The highest BCUT2D eigenvalue weighted by molar-refractivity contribution is 5.48. The van der Waals surface area contributed by atoms with E-state index in [2.05, 4.69) is 22.2 Å². The molecule has 102 valence electrons. The van der Waals surface area contributed by atoms with E-state index in [4.69, 9.17) is 5.11 Å². The van der Waals surface area contributed by atoms with Crippen molar-refractivity contribution in [3.05, 3.63) is 11.9 Å². The minimum absolute atomic E-state index is 0.204. The lowest BCUT2D eigenvalue weighted by atomic mass is 10.3. The molecule has 5 nitrogen and oxygen atoms in total. The Morgan fingerprint density at radius 1 is 1.33 bits per heavy atom. The van der Waals surface area contributed by atoms with E-state index in [0.29, 0.717) is 0 Å². The highest BCUT2D eigenvalue weighted by atomic mass is 16.3. The lowest BCUT2D eigenvalue weighted by Gasteiger charge is -2.18. The monoisotopic (exact) mass is 252 g/mol. The fourth-order valence-electron chi connectivity index (χ4n) is 1.65. The normalized spacial score (nSPS) is 10.4. The van der Waals surface area contributed by atoms with Crippen molar-refractivity contribution in [2.75, 3.05) is 37.0 Å². The van der Waals surface area contributed by atoms with Gasteiger partial charge in [0.15, 0.2) is 0 Å². The van der Waals surface area contributed by atoms with Crippen LogP contribution in [0.1, 0.15) is 32.0 Å². The lowest BCUT2D eigenvalue weighted by molar-refractivity contribution is 0.290. The first-order valence-corrected chi connectivity index (χ1v) is 6.59. The van der Waals surface area contributed by atoms with Crippen LogP contribution in [0.4, 0.5) is 11.6 Å². The van der Waals surface area contributed by atoms with Gasteiger partial charge in [-0.3, -0.25) is 0 Å². The van der Waals surface area contributed by atoms with E-state index >= 15 is 0 Å². The SMILES string of the molecule is CCCCNc1cc(N(C)CCCO)nc(C)n1. The molecule has 0 amide bonds. The van der Waals surface area contributed by atoms with Gasteiger partial charge in [-0.15, -0.1) is 0 Å². The predicted octanol–water partition coefficient (Wildman–Crippen LogP) is 1.82. The number of hydrogen-bond acceptors (Lipinski definition) is 5. The van der Waals surface area contributed by atoms with E-state index in [-0.39, 0.29) is 6.61 Å². The molecule has 2 N–H and O–H groups in total.